The van der Waals surface area contributed by atoms with Crippen molar-refractivity contribution in [2.45, 2.75) is 6.10 Å². The Morgan fingerprint density at radius 1 is 1.39 bits per heavy atom. The molecule has 4 nitrogen and oxygen atoms in total. The van der Waals surface area contributed by atoms with Gasteiger partial charge in [0.1, 0.15) is 6.10 Å². The summed E-state index contributed by atoms with van der Waals surface area (Å²) in [5.41, 5.74) is 1.72. The third-order valence-corrected chi connectivity index (χ3v) is 3.44. The Morgan fingerprint density at radius 3 is 3.00 bits per heavy atom. The smallest absolute Gasteiger partial charge is 0.256 e. The highest BCUT2D eigenvalue weighted by Crippen LogP contribution is 2.19. The van der Waals surface area contributed by atoms with Gasteiger partial charge in [-0.1, -0.05) is 18.2 Å². The minimum absolute atomic E-state index is 0.0300. The van der Waals surface area contributed by atoms with Gasteiger partial charge in [-0.05, 0) is 17.5 Å². The van der Waals surface area contributed by atoms with Crippen molar-refractivity contribution in [2.75, 3.05) is 19.7 Å². The minimum atomic E-state index is -0.137. The number of nitrogens with one attached hydrogen (secondary N) is 1. The number of pyridine rings is 1. The van der Waals surface area contributed by atoms with Gasteiger partial charge in [0.25, 0.3) is 5.56 Å². The molecule has 0 aliphatic carbocycles. The predicted molar refractivity (Wildman–Crippen MR) is 70.8 cm³/mol. The van der Waals surface area contributed by atoms with Gasteiger partial charge in [-0.25, -0.2) is 0 Å². The average Bonchev–Trinajstić information content (AvgIpc) is 2.44. The summed E-state index contributed by atoms with van der Waals surface area (Å²) in [6, 6.07) is 9.86. The van der Waals surface area contributed by atoms with Crippen LogP contribution in [-0.2, 0) is 11.8 Å². The van der Waals surface area contributed by atoms with Gasteiger partial charge in [0.05, 0.1) is 12.1 Å². The van der Waals surface area contributed by atoms with E-state index < -0.39 is 0 Å². The van der Waals surface area contributed by atoms with Crippen LogP contribution in [0.5, 0.6) is 0 Å². The zero-order chi connectivity index (χ0) is 12.5. The largest absolute Gasteiger partial charge is 0.371 e. The molecule has 1 unspecified atom stereocenters. The zero-order valence-corrected chi connectivity index (χ0v) is 10.3. The lowest BCUT2D eigenvalue weighted by Crippen LogP contribution is -2.36. The monoisotopic (exact) mass is 244 g/mol. The molecule has 2 aromatic rings. The second-order valence-corrected chi connectivity index (χ2v) is 4.59. The SMILES string of the molecule is Cn1c(=O)c(C2CNCCO2)cc2ccccc21. The first-order valence-electron chi connectivity index (χ1n) is 6.18. The number of aryl methyl sites for hydroxylation is 1. The topological polar surface area (TPSA) is 43.3 Å². The average molecular weight is 244 g/mol. The fraction of sp³-hybridized carbons (Fsp3) is 0.357. The standard InChI is InChI=1S/C14H16N2O2/c1-16-12-5-3-2-4-10(12)8-11(14(16)17)13-9-15-6-7-18-13/h2-5,8,13,15H,6-7,9H2,1H3. The maximum absolute atomic E-state index is 12.3. The van der Waals surface area contributed by atoms with Gasteiger partial charge in [-0.15, -0.1) is 0 Å². The predicted octanol–water partition coefficient (Wildman–Crippen LogP) is 1.20. The number of rotatable bonds is 1. The van der Waals surface area contributed by atoms with Crippen molar-refractivity contribution in [3.63, 3.8) is 0 Å². The van der Waals surface area contributed by atoms with E-state index in [1.54, 1.807) is 4.57 Å². The molecule has 0 amide bonds. The lowest BCUT2D eigenvalue weighted by molar-refractivity contribution is 0.0267. The van der Waals surface area contributed by atoms with Crippen LogP contribution in [0.3, 0.4) is 0 Å². The zero-order valence-electron chi connectivity index (χ0n) is 10.3. The number of benzene rings is 1. The number of morpholine rings is 1. The van der Waals surface area contributed by atoms with Crippen LogP contribution in [0, 0.1) is 0 Å². The molecule has 1 aliphatic rings. The van der Waals surface area contributed by atoms with E-state index in [1.807, 2.05) is 37.4 Å². The number of ether oxygens (including phenoxy) is 1. The summed E-state index contributed by atoms with van der Waals surface area (Å²) >= 11 is 0. The minimum Gasteiger partial charge on any atom is -0.371 e. The summed E-state index contributed by atoms with van der Waals surface area (Å²) in [6.45, 7) is 2.21. The molecule has 94 valence electrons. The van der Waals surface area contributed by atoms with Crippen LogP contribution in [0.2, 0.25) is 0 Å². The third-order valence-electron chi connectivity index (χ3n) is 3.44. The molecule has 3 rings (SSSR count). The van der Waals surface area contributed by atoms with Crippen molar-refractivity contribution >= 4 is 10.9 Å². The summed E-state index contributed by atoms with van der Waals surface area (Å²) in [5, 5.41) is 4.33. The summed E-state index contributed by atoms with van der Waals surface area (Å²) < 4.78 is 7.37. The van der Waals surface area contributed by atoms with Gasteiger partial charge in [-0.2, -0.15) is 0 Å². The lowest BCUT2D eigenvalue weighted by Gasteiger charge is -2.24. The Kier molecular flexibility index (Phi) is 2.89. The van der Waals surface area contributed by atoms with Crippen LogP contribution in [0.1, 0.15) is 11.7 Å². The van der Waals surface area contributed by atoms with Crippen molar-refractivity contribution in [3.05, 3.63) is 46.2 Å². The van der Waals surface area contributed by atoms with E-state index in [9.17, 15) is 4.79 Å². The van der Waals surface area contributed by atoms with Crippen molar-refractivity contribution in [3.8, 4) is 0 Å². The van der Waals surface area contributed by atoms with E-state index in [2.05, 4.69) is 5.32 Å². The molecule has 1 aromatic carbocycles. The Balaban J connectivity index is 2.17. The van der Waals surface area contributed by atoms with Gasteiger partial charge in [-0.3, -0.25) is 4.79 Å². The molecule has 0 spiro atoms. The van der Waals surface area contributed by atoms with E-state index in [-0.39, 0.29) is 11.7 Å². The van der Waals surface area contributed by atoms with Crippen LogP contribution in [-0.4, -0.2) is 24.3 Å². The first-order valence-corrected chi connectivity index (χ1v) is 6.18. The second kappa shape index (κ2) is 4.55. The van der Waals surface area contributed by atoms with Crippen LogP contribution in [0.4, 0.5) is 0 Å². The van der Waals surface area contributed by atoms with E-state index in [1.165, 1.54) is 0 Å². The maximum Gasteiger partial charge on any atom is 0.256 e. The van der Waals surface area contributed by atoms with Gasteiger partial charge < -0.3 is 14.6 Å². The molecule has 1 aliphatic heterocycles. The van der Waals surface area contributed by atoms with Crippen molar-refractivity contribution in [1.29, 1.82) is 0 Å². The van der Waals surface area contributed by atoms with Gasteiger partial charge in [0.2, 0.25) is 0 Å². The molecule has 2 heterocycles. The van der Waals surface area contributed by atoms with Gasteiger partial charge in [0, 0.05) is 25.7 Å². The molecule has 1 saturated heterocycles. The highest BCUT2D eigenvalue weighted by molar-refractivity contribution is 5.79. The van der Waals surface area contributed by atoms with E-state index in [0.29, 0.717) is 13.2 Å². The van der Waals surface area contributed by atoms with Crippen molar-refractivity contribution in [1.82, 2.24) is 9.88 Å². The highest BCUT2D eigenvalue weighted by atomic mass is 16.5. The summed E-state index contributed by atoms with van der Waals surface area (Å²) in [5.74, 6) is 0. The number of nitrogens with zero attached hydrogens (tertiary/aromatic N) is 1. The third kappa shape index (κ3) is 1.83. The second-order valence-electron chi connectivity index (χ2n) is 4.59. The highest BCUT2D eigenvalue weighted by Gasteiger charge is 2.20. The fourth-order valence-corrected chi connectivity index (χ4v) is 2.44. The number of fused-ring (bicyclic) bond motifs is 1. The number of hydrogen-bond acceptors (Lipinski definition) is 3. The van der Waals surface area contributed by atoms with Gasteiger partial charge in [0.15, 0.2) is 0 Å². The van der Waals surface area contributed by atoms with E-state index in [0.717, 1.165) is 23.0 Å². The molecule has 1 atom stereocenters. The summed E-state index contributed by atoms with van der Waals surface area (Å²) in [6.07, 6.45) is -0.137. The quantitative estimate of drug-likeness (QED) is 0.819. The number of aromatic nitrogens is 1. The molecular weight excluding hydrogens is 228 g/mol. The van der Waals surface area contributed by atoms with E-state index >= 15 is 0 Å². The van der Waals surface area contributed by atoms with Crippen LogP contribution in [0.25, 0.3) is 10.9 Å². The van der Waals surface area contributed by atoms with Crippen LogP contribution >= 0.6 is 0 Å². The summed E-state index contributed by atoms with van der Waals surface area (Å²) in [7, 11) is 1.81. The Labute approximate surface area is 105 Å². The number of para-hydroxylation sites is 1. The molecule has 1 fully saturated rings. The summed E-state index contributed by atoms with van der Waals surface area (Å²) in [4.78, 5) is 12.3. The lowest BCUT2D eigenvalue weighted by atomic mass is 10.1. The fourth-order valence-electron chi connectivity index (χ4n) is 2.44. The Hall–Kier alpha value is -1.65. The first-order chi connectivity index (χ1) is 8.77. The normalized spacial score (nSPS) is 20.2. The molecule has 0 bridgehead atoms. The maximum atomic E-state index is 12.3. The molecule has 4 heteroatoms. The van der Waals surface area contributed by atoms with E-state index in [4.69, 9.17) is 4.74 Å². The molecule has 1 aromatic heterocycles. The molecule has 1 N–H and O–H groups in total. The molecule has 0 saturated carbocycles. The molecular formula is C14H16N2O2. The Morgan fingerprint density at radius 2 is 2.22 bits per heavy atom. The van der Waals surface area contributed by atoms with Crippen molar-refractivity contribution < 1.29 is 4.74 Å². The van der Waals surface area contributed by atoms with Crippen LogP contribution in [0.15, 0.2) is 35.1 Å². The molecule has 18 heavy (non-hydrogen) atoms. The molecule has 0 radical (unpaired) electrons. The van der Waals surface area contributed by atoms with Crippen molar-refractivity contribution in [2.24, 2.45) is 7.05 Å². The van der Waals surface area contributed by atoms with Crippen LogP contribution < -0.4 is 10.9 Å². The van der Waals surface area contributed by atoms with Gasteiger partial charge >= 0.3 is 0 Å². The Bertz CT molecular complexity index is 627. The first kappa shape index (κ1) is 11.4. The number of hydrogen-bond donors (Lipinski definition) is 1.